The summed E-state index contributed by atoms with van der Waals surface area (Å²) in [5.74, 6) is 0.658. The first-order valence-electron chi connectivity index (χ1n) is 15.9. The van der Waals surface area contributed by atoms with Crippen molar-refractivity contribution in [3.8, 4) is 17.2 Å². The minimum atomic E-state index is -0.783. The molecule has 1 aliphatic heterocycles. The lowest BCUT2D eigenvalue weighted by molar-refractivity contribution is -0.140. The van der Waals surface area contributed by atoms with E-state index >= 15 is 0 Å². The Bertz CT molecular complexity index is 1450. The normalized spacial score (nSPS) is 16.1. The van der Waals surface area contributed by atoms with Crippen LogP contribution < -0.4 is 14.2 Å². The van der Waals surface area contributed by atoms with Crippen molar-refractivity contribution < 1.29 is 28.9 Å². The maximum Gasteiger partial charge on any atom is 0.295 e. The van der Waals surface area contributed by atoms with Crippen molar-refractivity contribution in [2.75, 3.05) is 39.9 Å². The number of rotatable bonds is 16. The van der Waals surface area contributed by atoms with Crippen LogP contribution in [0.15, 0.2) is 78.4 Å². The number of aliphatic hydroxyl groups is 1. The van der Waals surface area contributed by atoms with Gasteiger partial charge in [0.1, 0.15) is 18.1 Å². The summed E-state index contributed by atoms with van der Waals surface area (Å²) in [6, 6.07) is 21.4. The van der Waals surface area contributed by atoms with Crippen molar-refractivity contribution in [3.05, 3.63) is 95.1 Å². The van der Waals surface area contributed by atoms with E-state index in [-0.39, 0.29) is 11.3 Å². The Morgan fingerprint density at radius 2 is 1.64 bits per heavy atom. The van der Waals surface area contributed by atoms with E-state index in [1.54, 1.807) is 42.3 Å². The highest BCUT2D eigenvalue weighted by molar-refractivity contribution is 6.46. The standard InChI is InChI=1S/C37H46N2O6/c1-6-38(7-2)21-11-22-39-34(29-16-19-31(32(24-29)43-5)44-23-20-26(3)4)33(36(41)37(39)42)35(40)28-14-17-30(18-15-28)45-25-27-12-9-8-10-13-27/h8-10,12-19,24,26,34,40H,6-7,11,20-23,25H2,1-5H3. The zero-order chi connectivity index (χ0) is 32.3. The van der Waals surface area contributed by atoms with Gasteiger partial charge in [0.2, 0.25) is 0 Å². The molecule has 45 heavy (non-hydrogen) atoms. The minimum Gasteiger partial charge on any atom is -0.507 e. The zero-order valence-electron chi connectivity index (χ0n) is 27.1. The van der Waals surface area contributed by atoms with E-state index in [9.17, 15) is 14.7 Å². The lowest BCUT2D eigenvalue weighted by atomic mass is 9.95. The van der Waals surface area contributed by atoms with Gasteiger partial charge in [-0.15, -0.1) is 0 Å². The largest absolute Gasteiger partial charge is 0.507 e. The molecule has 1 N–H and O–H groups in total. The van der Waals surface area contributed by atoms with E-state index < -0.39 is 17.7 Å². The zero-order valence-corrected chi connectivity index (χ0v) is 27.1. The molecule has 1 fully saturated rings. The quantitative estimate of drug-likeness (QED) is 0.107. The SMILES string of the molecule is CCN(CC)CCCN1C(=O)C(=O)C(=C(O)c2ccc(OCc3ccccc3)cc2)C1c1ccc(OCCC(C)C)c(OC)c1. The Labute approximate surface area is 267 Å². The first-order chi connectivity index (χ1) is 21.8. The van der Waals surface area contributed by atoms with Gasteiger partial charge in [-0.1, -0.05) is 64.1 Å². The molecular weight excluding hydrogens is 568 g/mol. The van der Waals surface area contributed by atoms with Crippen LogP contribution in [0.2, 0.25) is 0 Å². The molecule has 1 aliphatic rings. The molecule has 0 aliphatic carbocycles. The number of methoxy groups -OCH3 is 1. The number of aliphatic hydroxyl groups excluding tert-OH is 1. The van der Waals surface area contributed by atoms with Crippen LogP contribution in [0, 0.1) is 5.92 Å². The number of ketones is 1. The predicted molar refractivity (Wildman–Crippen MR) is 177 cm³/mol. The first-order valence-corrected chi connectivity index (χ1v) is 15.9. The molecule has 1 heterocycles. The summed E-state index contributed by atoms with van der Waals surface area (Å²) in [6.07, 6.45) is 1.58. The molecule has 240 valence electrons. The van der Waals surface area contributed by atoms with Crippen LogP contribution in [-0.4, -0.2) is 66.5 Å². The minimum absolute atomic E-state index is 0.0522. The van der Waals surface area contributed by atoms with Crippen molar-refractivity contribution in [1.29, 1.82) is 0 Å². The van der Waals surface area contributed by atoms with Gasteiger partial charge in [0, 0.05) is 12.1 Å². The fraction of sp³-hybridized carbons (Fsp3) is 0.405. The first kappa shape index (κ1) is 33.6. The Morgan fingerprint density at radius 1 is 0.933 bits per heavy atom. The molecule has 1 amide bonds. The number of hydrogen-bond acceptors (Lipinski definition) is 7. The number of hydrogen-bond donors (Lipinski definition) is 1. The summed E-state index contributed by atoms with van der Waals surface area (Å²) in [7, 11) is 1.57. The maximum atomic E-state index is 13.6. The third kappa shape index (κ3) is 8.45. The summed E-state index contributed by atoms with van der Waals surface area (Å²) in [5, 5.41) is 11.6. The Morgan fingerprint density at radius 3 is 2.29 bits per heavy atom. The number of amides is 1. The lowest BCUT2D eigenvalue weighted by Gasteiger charge is -2.27. The number of benzene rings is 3. The van der Waals surface area contributed by atoms with Crippen LogP contribution in [0.4, 0.5) is 0 Å². The third-order valence-electron chi connectivity index (χ3n) is 8.14. The number of carbonyl (C=O) groups is 2. The number of nitrogens with zero attached hydrogens (tertiary/aromatic N) is 2. The topological polar surface area (TPSA) is 88.5 Å². The average molecular weight is 615 g/mol. The molecule has 0 bridgehead atoms. The molecule has 0 saturated carbocycles. The molecule has 0 radical (unpaired) electrons. The van der Waals surface area contributed by atoms with Crippen molar-refractivity contribution in [2.45, 2.75) is 53.2 Å². The maximum absolute atomic E-state index is 13.6. The predicted octanol–water partition coefficient (Wildman–Crippen LogP) is 6.85. The monoisotopic (exact) mass is 614 g/mol. The van der Waals surface area contributed by atoms with E-state index in [2.05, 4.69) is 32.6 Å². The fourth-order valence-corrected chi connectivity index (χ4v) is 5.45. The van der Waals surface area contributed by atoms with Gasteiger partial charge in [0.15, 0.2) is 11.5 Å². The van der Waals surface area contributed by atoms with Crippen LogP contribution in [0.1, 0.15) is 63.3 Å². The van der Waals surface area contributed by atoms with Gasteiger partial charge in [0.05, 0.1) is 25.3 Å². The van der Waals surface area contributed by atoms with Gasteiger partial charge in [-0.3, -0.25) is 9.59 Å². The van der Waals surface area contributed by atoms with Gasteiger partial charge in [0.25, 0.3) is 11.7 Å². The molecule has 1 atom stereocenters. The summed E-state index contributed by atoms with van der Waals surface area (Å²) < 4.78 is 17.6. The van der Waals surface area contributed by atoms with Crippen LogP contribution in [0.5, 0.6) is 17.2 Å². The summed E-state index contributed by atoms with van der Waals surface area (Å²) in [4.78, 5) is 30.9. The number of Topliss-reactive ketones (excluding diaryl/α,β-unsaturated/α-hetero) is 1. The molecule has 4 rings (SSSR count). The van der Waals surface area contributed by atoms with E-state index in [1.807, 2.05) is 42.5 Å². The van der Waals surface area contributed by atoms with E-state index in [1.165, 1.54) is 0 Å². The molecular formula is C37H46N2O6. The van der Waals surface area contributed by atoms with Crippen molar-refractivity contribution >= 4 is 17.4 Å². The van der Waals surface area contributed by atoms with E-state index in [0.717, 1.165) is 31.6 Å². The molecule has 8 heteroatoms. The average Bonchev–Trinajstić information content (AvgIpc) is 3.31. The number of ether oxygens (including phenoxy) is 3. The van der Waals surface area contributed by atoms with Crippen molar-refractivity contribution in [2.24, 2.45) is 5.92 Å². The van der Waals surface area contributed by atoms with Crippen molar-refractivity contribution in [3.63, 3.8) is 0 Å². The Kier molecular flexibility index (Phi) is 12.0. The van der Waals surface area contributed by atoms with E-state index in [4.69, 9.17) is 14.2 Å². The smallest absolute Gasteiger partial charge is 0.295 e. The highest BCUT2D eigenvalue weighted by Crippen LogP contribution is 2.42. The second-order valence-corrected chi connectivity index (χ2v) is 11.6. The van der Waals surface area contributed by atoms with Gasteiger partial charge < -0.3 is 29.1 Å². The Balaban J connectivity index is 1.66. The highest BCUT2D eigenvalue weighted by Gasteiger charge is 2.46. The van der Waals surface area contributed by atoms with Crippen molar-refractivity contribution in [1.82, 2.24) is 9.80 Å². The molecule has 3 aromatic carbocycles. The van der Waals surface area contributed by atoms with Gasteiger partial charge >= 0.3 is 0 Å². The second-order valence-electron chi connectivity index (χ2n) is 11.6. The molecule has 3 aromatic rings. The van der Waals surface area contributed by atoms with E-state index in [0.29, 0.717) is 60.5 Å². The van der Waals surface area contributed by atoms with Gasteiger partial charge in [-0.05, 0) is 85.9 Å². The number of likely N-dealkylation sites (tertiary alicyclic amines) is 1. The van der Waals surface area contributed by atoms with Crippen LogP contribution >= 0.6 is 0 Å². The van der Waals surface area contributed by atoms with Crippen LogP contribution in [0.3, 0.4) is 0 Å². The summed E-state index contributed by atoms with van der Waals surface area (Å²) in [5.41, 5.74) is 2.18. The summed E-state index contributed by atoms with van der Waals surface area (Å²) >= 11 is 0. The third-order valence-corrected chi connectivity index (χ3v) is 8.14. The van der Waals surface area contributed by atoms with Crippen LogP contribution in [0.25, 0.3) is 5.76 Å². The fourth-order valence-electron chi connectivity index (χ4n) is 5.45. The lowest BCUT2D eigenvalue weighted by Crippen LogP contribution is -2.33. The summed E-state index contributed by atoms with van der Waals surface area (Å²) in [6.45, 7) is 12.4. The molecule has 8 nitrogen and oxygen atoms in total. The molecule has 1 saturated heterocycles. The highest BCUT2D eigenvalue weighted by atomic mass is 16.5. The number of carbonyl (C=O) groups excluding carboxylic acids is 2. The van der Waals surface area contributed by atoms with Crippen LogP contribution in [-0.2, 0) is 16.2 Å². The molecule has 1 unspecified atom stereocenters. The molecule has 0 spiro atoms. The Hall–Kier alpha value is -4.30. The second kappa shape index (κ2) is 16.1. The van der Waals surface area contributed by atoms with Gasteiger partial charge in [-0.25, -0.2) is 0 Å². The molecule has 0 aromatic heterocycles. The van der Waals surface area contributed by atoms with Gasteiger partial charge in [-0.2, -0.15) is 0 Å².